The molecule has 0 amide bonds. The molecule has 1 aromatic rings. The average molecular weight is 226 g/mol. The van der Waals surface area contributed by atoms with Crippen LogP contribution in [-0.4, -0.2) is 11.7 Å². The summed E-state index contributed by atoms with van der Waals surface area (Å²) in [5.41, 5.74) is 1.80. The van der Waals surface area contributed by atoms with Crippen molar-refractivity contribution < 1.29 is 5.11 Å². The van der Waals surface area contributed by atoms with Gasteiger partial charge in [0.1, 0.15) is 5.75 Å². The van der Waals surface area contributed by atoms with E-state index in [4.69, 9.17) is 11.6 Å². The van der Waals surface area contributed by atoms with Gasteiger partial charge in [0.05, 0.1) is 0 Å². The zero-order valence-electron chi connectivity index (χ0n) is 8.89. The number of nitrogens with one attached hydrogen (secondary N) is 1. The summed E-state index contributed by atoms with van der Waals surface area (Å²) >= 11 is 6.00. The molecule has 15 heavy (non-hydrogen) atoms. The molecule has 0 unspecified atom stereocenters. The van der Waals surface area contributed by atoms with Crippen molar-refractivity contribution in [3.05, 3.63) is 28.3 Å². The fourth-order valence-electron chi connectivity index (χ4n) is 2.14. The second-order valence-corrected chi connectivity index (χ2v) is 4.60. The van der Waals surface area contributed by atoms with E-state index in [1.54, 1.807) is 6.07 Å². The molecule has 3 heteroatoms. The first-order chi connectivity index (χ1) is 7.18. The smallest absolute Gasteiger partial charge is 0.123 e. The van der Waals surface area contributed by atoms with Crippen LogP contribution in [0, 0.1) is 6.92 Å². The average Bonchev–Trinajstić information content (AvgIpc) is 2.24. The summed E-state index contributed by atoms with van der Waals surface area (Å²) in [4.78, 5) is 0. The first-order valence-electron chi connectivity index (χ1n) is 5.41. The Kier molecular flexibility index (Phi) is 3.17. The fourth-order valence-corrected chi connectivity index (χ4v) is 2.43. The van der Waals surface area contributed by atoms with Crippen LogP contribution < -0.4 is 5.32 Å². The van der Waals surface area contributed by atoms with E-state index >= 15 is 0 Å². The van der Waals surface area contributed by atoms with Crippen LogP contribution >= 0.6 is 11.6 Å². The summed E-state index contributed by atoms with van der Waals surface area (Å²) < 4.78 is 0. The maximum absolute atomic E-state index is 9.98. The summed E-state index contributed by atoms with van der Waals surface area (Å²) in [6, 6.07) is 3.92. The van der Waals surface area contributed by atoms with Gasteiger partial charge in [0.2, 0.25) is 0 Å². The molecule has 1 fully saturated rings. The van der Waals surface area contributed by atoms with Gasteiger partial charge >= 0.3 is 0 Å². The third-order valence-electron chi connectivity index (χ3n) is 2.98. The van der Waals surface area contributed by atoms with E-state index in [0.29, 0.717) is 10.8 Å². The van der Waals surface area contributed by atoms with Crippen molar-refractivity contribution in [2.24, 2.45) is 0 Å². The second kappa shape index (κ2) is 4.42. The van der Waals surface area contributed by atoms with E-state index in [-0.39, 0.29) is 6.04 Å². The number of aromatic hydroxyl groups is 1. The lowest BCUT2D eigenvalue weighted by Gasteiger charge is -2.25. The van der Waals surface area contributed by atoms with E-state index in [2.05, 4.69) is 5.32 Å². The summed E-state index contributed by atoms with van der Waals surface area (Å²) in [5.74, 6) is 0.388. The van der Waals surface area contributed by atoms with Gasteiger partial charge in [0.25, 0.3) is 0 Å². The summed E-state index contributed by atoms with van der Waals surface area (Å²) in [7, 11) is 0. The van der Waals surface area contributed by atoms with Crippen LogP contribution in [0.25, 0.3) is 0 Å². The number of phenolic OH excluding ortho intramolecular Hbond substituents is 1. The predicted molar refractivity (Wildman–Crippen MR) is 62.4 cm³/mol. The van der Waals surface area contributed by atoms with Gasteiger partial charge in [-0.25, -0.2) is 0 Å². The lowest BCUT2D eigenvalue weighted by Crippen LogP contribution is -2.26. The first kappa shape index (κ1) is 10.8. The quantitative estimate of drug-likeness (QED) is 0.770. The van der Waals surface area contributed by atoms with E-state index < -0.39 is 0 Å². The summed E-state index contributed by atoms with van der Waals surface area (Å²) in [5, 5.41) is 14.1. The molecular weight excluding hydrogens is 210 g/mol. The number of phenols is 1. The number of halogens is 1. The van der Waals surface area contributed by atoms with E-state index in [0.717, 1.165) is 24.1 Å². The van der Waals surface area contributed by atoms with Gasteiger partial charge in [0, 0.05) is 16.6 Å². The lowest BCUT2D eigenvalue weighted by molar-refractivity contribution is 0.390. The van der Waals surface area contributed by atoms with Gasteiger partial charge in [-0.2, -0.15) is 0 Å². The maximum atomic E-state index is 9.98. The molecule has 0 aliphatic carbocycles. The number of hydrogen-bond acceptors (Lipinski definition) is 2. The molecule has 2 nitrogen and oxygen atoms in total. The molecule has 0 bridgehead atoms. The minimum atomic E-state index is 0.260. The highest BCUT2D eigenvalue weighted by atomic mass is 35.5. The molecule has 2 N–H and O–H groups in total. The van der Waals surface area contributed by atoms with E-state index in [9.17, 15) is 5.11 Å². The van der Waals surface area contributed by atoms with Crippen molar-refractivity contribution >= 4 is 11.6 Å². The Balaban J connectivity index is 2.33. The van der Waals surface area contributed by atoms with Crippen molar-refractivity contribution in [2.75, 3.05) is 6.54 Å². The van der Waals surface area contributed by atoms with Crippen molar-refractivity contribution in [1.29, 1.82) is 0 Å². The van der Waals surface area contributed by atoms with Crippen LogP contribution in [0.3, 0.4) is 0 Å². The summed E-state index contributed by atoms with van der Waals surface area (Å²) in [6.45, 7) is 2.91. The Labute approximate surface area is 95.3 Å². The topological polar surface area (TPSA) is 32.3 Å². The molecule has 1 atom stereocenters. The normalized spacial score (nSPS) is 21.6. The second-order valence-electron chi connectivity index (χ2n) is 4.16. The SMILES string of the molecule is Cc1cc(Cl)cc([C@@H]2CCCCN2)c1O. The van der Waals surface area contributed by atoms with Gasteiger partial charge in [-0.15, -0.1) is 0 Å². The maximum Gasteiger partial charge on any atom is 0.123 e. The fraction of sp³-hybridized carbons (Fsp3) is 0.500. The Morgan fingerprint density at radius 1 is 1.40 bits per heavy atom. The molecule has 82 valence electrons. The van der Waals surface area contributed by atoms with Crippen molar-refractivity contribution in [3.8, 4) is 5.75 Å². The largest absolute Gasteiger partial charge is 0.507 e. The molecule has 1 aliphatic heterocycles. The molecule has 1 aliphatic rings. The standard InChI is InChI=1S/C12H16ClNO/c1-8-6-9(13)7-10(12(8)15)11-4-2-3-5-14-11/h6-7,11,14-15H,2-5H2,1H3/t11-/m0/s1. The van der Waals surface area contributed by atoms with Crippen LogP contribution in [-0.2, 0) is 0 Å². The third kappa shape index (κ3) is 2.27. The molecule has 0 radical (unpaired) electrons. The van der Waals surface area contributed by atoms with Gasteiger partial charge in [-0.1, -0.05) is 18.0 Å². The highest BCUT2D eigenvalue weighted by Gasteiger charge is 2.19. The number of rotatable bonds is 1. The minimum absolute atomic E-state index is 0.260. The van der Waals surface area contributed by atoms with Crippen LogP contribution in [0.15, 0.2) is 12.1 Å². The lowest BCUT2D eigenvalue weighted by atomic mass is 9.95. The predicted octanol–water partition coefficient (Wildman–Crippen LogP) is 3.17. The Hall–Kier alpha value is -0.730. The summed E-state index contributed by atoms with van der Waals surface area (Å²) in [6.07, 6.45) is 3.51. The third-order valence-corrected chi connectivity index (χ3v) is 3.20. The molecule has 0 aromatic heterocycles. The zero-order chi connectivity index (χ0) is 10.8. The van der Waals surface area contributed by atoms with Crippen molar-refractivity contribution in [3.63, 3.8) is 0 Å². The molecular formula is C12H16ClNO. The molecule has 1 heterocycles. The monoisotopic (exact) mass is 225 g/mol. The van der Waals surface area contributed by atoms with Crippen LogP contribution in [0.5, 0.6) is 5.75 Å². The molecule has 2 rings (SSSR count). The number of aryl methyl sites for hydroxylation is 1. The van der Waals surface area contributed by atoms with E-state index in [1.165, 1.54) is 12.8 Å². The van der Waals surface area contributed by atoms with E-state index in [1.807, 2.05) is 13.0 Å². The number of hydrogen-bond donors (Lipinski definition) is 2. The van der Waals surface area contributed by atoms with Crippen molar-refractivity contribution in [1.82, 2.24) is 5.32 Å². The first-order valence-corrected chi connectivity index (χ1v) is 5.78. The Morgan fingerprint density at radius 2 is 2.20 bits per heavy atom. The molecule has 1 saturated heterocycles. The number of piperidine rings is 1. The van der Waals surface area contributed by atoms with Gasteiger partial charge < -0.3 is 10.4 Å². The molecule has 0 saturated carbocycles. The minimum Gasteiger partial charge on any atom is -0.507 e. The van der Waals surface area contributed by atoms with Gasteiger partial charge in [-0.05, 0) is 44.0 Å². The van der Waals surface area contributed by atoms with Crippen LogP contribution in [0.1, 0.15) is 36.4 Å². The molecule has 0 spiro atoms. The van der Waals surface area contributed by atoms with Crippen molar-refractivity contribution in [2.45, 2.75) is 32.2 Å². The molecule has 1 aromatic carbocycles. The Morgan fingerprint density at radius 3 is 2.87 bits per heavy atom. The van der Waals surface area contributed by atoms with Crippen LogP contribution in [0.2, 0.25) is 5.02 Å². The van der Waals surface area contributed by atoms with Gasteiger partial charge in [0.15, 0.2) is 0 Å². The Bertz CT molecular complexity index is 359. The highest BCUT2D eigenvalue weighted by molar-refractivity contribution is 6.30. The zero-order valence-corrected chi connectivity index (χ0v) is 9.64. The highest BCUT2D eigenvalue weighted by Crippen LogP contribution is 2.34. The van der Waals surface area contributed by atoms with Gasteiger partial charge in [-0.3, -0.25) is 0 Å². The number of benzene rings is 1. The van der Waals surface area contributed by atoms with Crippen LogP contribution in [0.4, 0.5) is 0 Å².